The van der Waals surface area contributed by atoms with Gasteiger partial charge in [-0.05, 0) is 45.6 Å². The summed E-state index contributed by atoms with van der Waals surface area (Å²) in [6.45, 7) is 11.8. The second-order valence-electron chi connectivity index (χ2n) is 8.18. The van der Waals surface area contributed by atoms with Crippen LogP contribution in [0.2, 0.25) is 18.6 Å². The molecule has 2 nitrogen and oxygen atoms in total. The lowest BCUT2D eigenvalue weighted by molar-refractivity contribution is 0.0371. The zero-order valence-corrected chi connectivity index (χ0v) is 15.0. The van der Waals surface area contributed by atoms with Crippen LogP contribution in [-0.2, 0) is 4.74 Å². The predicted molar refractivity (Wildman–Crippen MR) is 89.5 cm³/mol. The number of rotatable bonds is 3. The first-order valence-electron chi connectivity index (χ1n) is 7.85. The molecular formula is C17H31NOSi. The molecule has 114 valence electrons. The molecule has 0 bridgehead atoms. The molecule has 2 aliphatic carbocycles. The number of ether oxygens (including phenoxy) is 1. The average Bonchev–Trinajstić information content (AvgIpc) is 2.66. The number of nitrogens with one attached hydrogen (secondary N) is 1. The summed E-state index contributed by atoms with van der Waals surface area (Å²) in [5.41, 5.74) is 1.23. The summed E-state index contributed by atoms with van der Waals surface area (Å²) in [5, 5.41) is 0. The van der Waals surface area contributed by atoms with Crippen molar-refractivity contribution >= 4 is 8.24 Å². The Morgan fingerprint density at radius 1 is 1.25 bits per heavy atom. The molecule has 20 heavy (non-hydrogen) atoms. The molecular weight excluding hydrogens is 262 g/mol. The van der Waals surface area contributed by atoms with Gasteiger partial charge in [0, 0.05) is 18.1 Å². The van der Waals surface area contributed by atoms with E-state index in [4.69, 9.17) is 4.74 Å². The first kappa shape index (κ1) is 16.0. The van der Waals surface area contributed by atoms with E-state index in [1.807, 2.05) is 7.11 Å². The minimum absolute atomic E-state index is 0.205. The summed E-state index contributed by atoms with van der Waals surface area (Å²) in [6, 6.07) is 0. The van der Waals surface area contributed by atoms with E-state index in [2.05, 4.69) is 63.2 Å². The fourth-order valence-corrected chi connectivity index (χ4v) is 8.02. The van der Waals surface area contributed by atoms with Crippen molar-refractivity contribution in [2.45, 2.75) is 70.3 Å². The van der Waals surface area contributed by atoms with E-state index in [1.54, 1.807) is 0 Å². The maximum absolute atomic E-state index is 5.87. The highest BCUT2D eigenvalue weighted by Crippen LogP contribution is 2.53. The lowest BCUT2D eigenvalue weighted by Crippen LogP contribution is -2.56. The van der Waals surface area contributed by atoms with Gasteiger partial charge in [0.25, 0.3) is 0 Å². The monoisotopic (exact) mass is 293 g/mol. The van der Waals surface area contributed by atoms with Gasteiger partial charge < -0.3 is 9.72 Å². The van der Waals surface area contributed by atoms with Gasteiger partial charge in [-0.2, -0.15) is 0 Å². The molecule has 1 fully saturated rings. The van der Waals surface area contributed by atoms with E-state index >= 15 is 0 Å². The van der Waals surface area contributed by atoms with Crippen LogP contribution in [0.5, 0.6) is 0 Å². The molecule has 0 aromatic heterocycles. The van der Waals surface area contributed by atoms with Gasteiger partial charge in [-0.3, -0.25) is 0 Å². The van der Waals surface area contributed by atoms with Crippen LogP contribution in [0, 0.1) is 5.41 Å². The van der Waals surface area contributed by atoms with Crippen molar-refractivity contribution in [2.24, 2.45) is 5.41 Å². The van der Waals surface area contributed by atoms with Gasteiger partial charge in [0.2, 0.25) is 0 Å². The van der Waals surface area contributed by atoms with Crippen molar-refractivity contribution in [3.8, 4) is 0 Å². The maximum Gasteiger partial charge on any atom is 0.123 e. The van der Waals surface area contributed by atoms with E-state index in [-0.39, 0.29) is 11.0 Å². The Labute approximate surface area is 125 Å². The van der Waals surface area contributed by atoms with Gasteiger partial charge in [-0.15, -0.1) is 0 Å². The van der Waals surface area contributed by atoms with Crippen LogP contribution in [0.3, 0.4) is 0 Å². The fraction of sp³-hybridized carbons (Fsp3) is 0.765. The van der Waals surface area contributed by atoms with Crippen LogP contribution >= 0.6 is 0 Å². The molecule has 0 aromatic carbocycles. The lowest BCUT2D eigenvalue weighted by atomic mass is 9.78. The summed E-state index contributed by atoms with van der Waals surface area (Å²) < 4.78 is 5.87. The van der Waals surface area contributed by atoms with Crippen LogP contribution in [-0.4, -0.2) is 27.0 Å². The third kappa shape index (κ3) is 3.26. The Bertz CT molecular complexity index is 408. The minimum Gasteiger partial charge on any atom is -0.381 e. The lowest BCUT2D eigenvalue weighted by Gasteiger charge is -2.38. The van der Waals surface area contributed by atoms with Gasteiger partial charge in [-0.25, -0.2) is 0 Å². The van der Waals surface area contributed by atoms with Crippen molar-refractivity contribution in [2.75, 3.05) is 7.11 Å². The summed E-state index contributed by atoms with van der Waals surface area (Å²) >= 11 is 0. The topological polar surface area (TPSA) is 21.3 Å². The Morgan fingerprint density at radius 2 is 1.95 bits per heavy atom. The molecule has 2 rings (SSSR count). The highest BCUT2D eigenvalue weighted by Gasteiger charge is 2.51. The molecule has 0 aliphatic heterocycles. The van der Waals surface area contributed by atoms with Crippen molar-refractivity contribution in [3.05, 3.63) is 24.3 Å². The van der Waals surface area contributed by atoms with Gasteiger partial charge in [-0.1, -0.05) is 37.4 Å². The number of hydrogen-bond donors (Lipinski definition) is 1. The zero-order chi connectivity index (χ0) is 15.0. The van der Waals surface area contributed by atoms with E-state index in [0.29, 0.717) is 6.10 Å². The smallest absolute Gasteiger partial charge is 0.123 e. The molecule has 1 saturated carbocycles. The van der Waals surface area contributed by atoms with E-state index in [0.717, 1.165) is 12.0 Å². The van der Waals surface area contributed by atoms with E-state index in [1.165, 1.54) is 12.8 Å². The predicted octanol–water partition coefficient (Wildman–Crippen LogP) is 4.26. The third-order valence-corrected chi connectivity index (χ3v) is 8.82. The SMILES string of the molecule is COC1CC([Si](C)(C)NC(C)(C)C)CC12C=CC=CC2. The summed E-state index contributed by atoms with van der Waals surface area (Å²) in [4.78, 5) is 3.95. The van der Waals surface area contributed by atoms with E-state index < -0.39 is 8.24 Å². The normalized spacial score (nSPS) is 34.1. The average molecular weight is 294 g/mol. The molecule has 3 atom stereocenters. The number of allylic oxidation sites excluding steroid dienone is 3. The molecule has 0 aromatic rings. The summed E-state index contributed by atoms with van der Waals surface area (Å²) in [5.74, 6) is 0. The minimum atomic E-state index is -1.46. The maximum atomic E-state index is 5.87. The van der Waals surface area contributed by atoms with Crippen molar-refractivity contribution in [1.82, 2.24) is 4.98 Å². The number of hydrogen-bond acceptors (Lipinski definition) is 2. The molecule has 1 spiro atoms. The van der Waals surface area contributed by atoms with Crippen LogP contribution in [0.4, 0.5) is 0 Å². The van der Waals surface area contributed by atoms with Crippen LogP contribution in [0.25, 0.3) is 0 Å². The van der Waals surface area contributed by atoms with Gasteiger partial charge >= 0.3 is 0 Å². The van der Waals surface area contributed by atoms with Crippen LogP contribution in [0.15, 0.2) is 24.3 Å². The second-order valence-corrected chi connectivity index (χ2v) is 12.7. The Kier molecular flexibility index (Phi) is 4.34. The van der Waals surface area contributed by atoms with Gasteiger partial charge in [0.05, 0.1) is 6.10 Å². The summed E-state index contributed by atoms with van der Waals surface area (Å²) in [6.07, 6.45) is 13.1. The molecule has 0 heterocycles. The van der Waals surface area contributed by atoms with Crippen molar-refractivity contribution in [3.63, 3.8) is 0 Å². The summed E-state index contributed by atoms with van der Waals surface area (Å²) in [7, 11) is 0.420. The zero-order valence-electron chi connectivity index (χ0n) is 14.0. The molecule has 0 radical (unpaired) electrons. The van der Waals surface area contributed by atoms with Gasteiger partial charge in [0.1, 0.15) is 8.24 Å². The molecule has 3 heteroatoms. The largest absolute Gasteiger partial charge is 0.381 e. The molecule has 0 amide bonds. The second kappa shape index (κ2) is 5.43. The first-order chi connectivity index (χ1) is 9.19. The third-order valence-electron chi connectivity index (χ3n) is 4.94. The first-order valence-corrected chi connectivity index (χ1v) is 10.9. The van der Waals surface area contributed by atoms with E-state index in [9.17, 15) is 0 Å². The molecule has 0 saturated heterocycles. The fourth-order valence-electron chi connectivity index (χ4n) is 4.19. The highest BCUT2D eigenvalue weighted by atomic mass is 28.3. The molecule has 3 unspecified atom stereocenters. The van der Waals surface area contributed by atoms with Crippen LogP contribution in [0.1, 0.15) is 40.0 Å². The van der Waals surface area contributed by atoms with Gasteiger partial charge in [0.15, 0.2) is 0 Å². The Hall–Kier alpha value is -0.383. The van der Waals surface area contributed by atoms with Crippen LogP contribution < -0.4 is 4.98 Å². The Balaban J connectivity index is 2.16. The van der Waals surface area contributed by atoms with Crippen molar-refractivity contribution in [1.29, 1.82) is 0 Å². The molecule has 2 aliphatic rings. The quantitative estimate of drug-likeness (QED) is 0.785. The van der Waals surface area contributed by atoms with Crippen molar-refractivity contribution < 1.29 is 4.74 Å². The highest BCUT2D eigenvalue weighted by molar-refractivity contribution is 6.76. The Morgan fingerprint density at radius 3 is 2.45 bits per heavy atom. The standard InChI is InChI=1S/C17H31NOSi/c1-16(2,3)18-20(5,6)14-12-15(19-4)17(13-14)10-8-7-9-11-17/h7-10,14-15,18H,11-13H2,1-6H3. The number of methoxy groups -OCH3 is 1. The molecule has 1 N–H and O–H groups in total.